The summed E-state index contributed by atoms with van der Waals surface area (Å²) in [4.78, 5) is 27.6. The summed E-state index contributed by atoms with van der Waals surface area (Å²) < 4.78 is 0. The van der Waals surface area contributed by atoms with Gasteiger partial charge in [-0.3, -0.25) is 4.79 Å². The minimum absolute atomic E-state index is 0.111. The van der Waals surface area contributed by atoms with E-state index >= 15 is 0 Å². The average molecular weight is 428 g/mol. The Morgan fingerprint density at radius 1 is 1.07 bits per heavy atom. The molecule has 6 heteroatoms. The number of halogens is 1. The smallest absolute Gasteiger partial charge is 0.348 e. The zero-order valence-electron chi connectivity index (χ0n) is 16.3. The van der Waals surface area contributed by atoms with Crippen molar-refractivity contribution in [3.05, 3.63) is 76.1 Å². The molecule has 0 saturated carbocycles. The number of anilines is 1. The number of nitrogens with zero attached hydrogens (tertiary/aromatic N) is 1. The van der Waals surface area contributed by atoms with E-state index in [0.717, 1.165) is 16.0 Å². The SMILES string of the molecule is CC(C)CC(=O)N(Cc1cccc(Cl)c1)c1cc(-c2ccccc2)sc1C(=O)O. The second-order valence-corrected chi connectivity index (χ2v) is 8.69. The number of amides is 1. The van der Waals surface area contributed by atoms with Gasteiger partial charge in [0, 0.05) is 16.3 Å². The molecule has 1 amide bonds. The first-order chi connectivity index (χ1) is 13.8. The lowest BCUT2D eigenvalue weighted by Crippen LogP contribution is -2.32. The number of carbonyl (C=O) groups excluding carboxylic acids is 1. The van der Waals surface area contributed by atoms with Crippen molar-refractivity contribution < 1.29 is 14.7 Å². The van der Waals surface area contributed by atoms with Gasteiger partial charge in [0.25, 0.3) is 0 Å². The monoisotopic (exact) mass is 427 g/mol. The Bertz CT molecular complexity index is 1010. The Labute approximate surface area is 179 Å². The second kappa shape index (κ2) is 9.25. The van der Waals surface area contributed by atoms with Crippen LogP contribution in [0.3, 0.4) is 0 Å². The van der Waals surface area contributed by atoms with E-state index in [4.69, 9.17) is 11.6 Å². The van der Waals surface area contributed by atoms with Crippen LogP contribution in [-0.4, -0.2) is 17.0 Å². The molecular weight excluding hydrogens is 406 g/mol. The maximum atomic E-state index is 13.1. The quantitative estimate of drug-likeness (QED) is 0.478. The van der Waals surface area contributed by atoms with Crippen LogP contribution < -0.4 is 4.90 Å². The molecule has 0 saturated heterocycles. The molecule has 1 N–H and O–H groups in total. The molecule has 0 aliphatic carbocycles. The zero-order valence-corrected chi connectivity index (χ0v) is 17.8. The van der Waals surface area contributed by atoms with Gasteiger partial charge >= 0.3 is 5.97 Å². The Morgan fingerprint density at radius 2 is 1.79 bits per heavy atom. The molecule has 0 unspecified atom stereocenters. The number of thiophene rings is 1. The van der Waals surface area contributed by atoms with Crippen LogP contribution in [0.2, 0.25) is 5.02 Å². The molecule has 0 bridgehead atoms. The van der Waals surface area contributed by atoms with Crippen LogP contribution in [0, 0.1) is 5.92 Å². The van der Waals surface area contributed by atoms with Crippen molar-refractivity contribution in [2.75, 3.05) is 4.90 Å². The van der Waals surface area contributed by atoms with Crippen LogP contribution in [0.5, 0.6) is 0 Å². The number of benzene rings is 2. The fourth-order valence-corrected chi connectivity index (χ4v) is 4.28. The number of carboxylic acids is 1. The zero-order chi connectivity index (χ0) is 21.0. The molecule has 0 radical (unpaired) electrons. The van der Waals surface area contributed by atoms with Crippen molar-refractivity contribution in [2.45, 2.75) is 26.8 Å². The van der Waals surface area contributed by atoms with Gasteiger partial charge < -0.3 is 10.0 Å². The van der Waals surface area contributed by atoms with Crippen LogP contribution in [0.4, 0.5) is 5.69 Å². The highest BCUT2D eigenvalue weighted by atomic mass is 35.5. The minimum atomic E-state index is -1.04. The largest absolute Gasteiger partial charge is 0.477 e. The van der Waals surface area contributed by atoms with E-state index in [2.05, 4.69) is 0 Å². The van der Waals surface area contributed by atoms with Crippen molar-refractivity contribution in [1.82, 2.24) is 0 Å². The summed E-state index contributed by atoms with van der Waals surface area (Å²) >= 11 is 7.29. The highest BCUT2D eigenvalue weighted by Gasteiger charge is 2.26. The van der Waals surface area contributed by atoms with Gasteiger partial charge in [0.1, 0.15) is 4.88 Å². The van der Waals surface area contributed by atoms with Gasteiger partial charge in [0.2, 0.25) is 5.91 Å². The lowest BCUT2D eigenvalue weighted by atomic mass is 10.1. The maximum absolute atomic E-state index is 13.1. The fraction of sp³-hybridized carbons (Fsp3) is 0.217. The van der Waals surface area contributed by atoms with Crippen molar-refractivity contribution in [2.24, 2.45) is 5.92 Å². The predicted molar refractivity (Wildman–Crippen MR) is 119 cm³/mol. The summed E-state index contributed by atoms with van der Waals surface area (Å²) in [5, 5.41) is 10.4. The molecule has 0 aliphatic rings. The lowest BCUT2D eigenvalue weighted by molar-refractivity contribution is -0.119. The molecule has 0 spiro atoms. The van der Waals surface area contributed by atoms with E-state index in [0.29, 0.717) is 17.1 Å². The van der Waals surface area contributed by atoms with E-state index in [1.165, 1.54) is 11.3 Å². The van der Waals surface area contributed by atoms with Gasteiger partial charge in [-0.2, -0.15) is 0 Å². The third kappa shape index (κ3) is 5.25. The van der Waals surface area contributed by atoms with Crippen LogP contribution in [-0.2, 0) is 11.3 Å². The number of hydrogen-bond donors (Lipinski definition) is 1. The third-order valence-corrected chi connectivity index (χ3v) is 5.77. The standard InChI is InChI=1S/C23H22ClNO3S/c1-15(2)11-21(26)25(14-16-7-6-10-18(24)12-16)19-13-20(29-22(19)23(27)28)17-8-4-3-5-9-17/h3-10,12-13,15H,11,14H2,1-2H3,(H,27,28). The molecule has 0 atom stereocenters. The number of carbonyl (C=O) groups is 2. The van der Waals surface area contributed by atoms with Crippen LogP contribution >= 0.6 is 22.9 Å². The van der Waals surface area contributed by atoms with Gasteiger partial charge in [-0.25, -0.2) is 4.79 Å². The molecule has 29 heavy (non-hydrogen) atoms. The van der Waals surface area contributed by atoms with Crippen LogP contribution in [0.15, 0.2) is 60.7 Å². The minimum Gasteiger partial charge on any atom is -0.477 e. The summed E-state index contributed by atoms with van der Waals surface area (Å²) in [5.41, 5.74) is 2.19. The lowest BCUT2D eigenvalue weighted by Gasteiger charge is -2.24. The number of aromatic carboxylic acids is 1. The molecule has 2 aromatic carbocycles. The van der Waals surface area contributed by atoms with Crippen molar-refractivity contribution >= 4 is 40.5 Å². The molecule has 1 heterocycles. The molecule has 0 aliphatic heterocycles. The Morgan fingerprint density at radius 3 is 2.41 bits per heavy atom. The highest BCUT2D eigenvalue weighted by molar-refractivity contribution is 7.18. The summed E-state index contributed by atoms with van der Waals surface area (Å²) in [6.45, 7) is 4.20. The first-order valence-electron chi connectivity index (χ1n) is 9.32. The second-order valence-electron chi connectivity index (χ2n) is 7.20. The van der Waals surface area contributed by atoms with Crippen molar-refractivity contribution in [1.29, 1.82) is 0 Å². The van der Waals surface area contributed by atoms with E-state index in [9.17, 15) is 14.7 Å². The molecular formula is C23H22ClNO3S. The van der Waals surface area contributed by atoms with Crippen LogP contribution in [0.25, 0.3) is 10.4 Å². The molecule has 3 rings (SSSR count). The van der Waals surface area contributed by atoms with E-state index in [1.807, 2.05) is 56.3 Å². The first kappa shape index (κ1) is 21.1. The van der Waals surface area contributed by atoms with E-state index in [1.54, 1.807) is 23.1 Å². The van der Waals surface area contributed by atoms with Gasteiger partial charge in [0.05, 0.1) is 12.2 Å². The molecule has 3 aromatic rings. The van der Waals surface area contributed by atoms with Gasteiger partial charge in [-0.1, -0.05) is 67.9 Å². The summed E-state index contributed by atoms with van der Waals surface area (Å²) in [7, 11) is 0. The number of hydrogen-bond acceptors (Lipinski definition) is 3. The van der Waals surface area contributed by atoms with E-state index < -0.39 is 5.97 Å². The molecule has 4 nitrogen and oxygen atoms in total. The summed E-state index contributed by atoms with van der Waals surface area (Å²) in [6.07, 6.45) is 0.330. The van der Waals surface area contributed by atoms with Gasteiger partial charge in [0.15, 0.2) is 0 Å². The number of carboxylic acid groups (broad SMARTS) is 1. The topological polar surface area (TPSA) is 57.6 Å². The Hall–Kier alpha value is -2.63. The fourth-order valence-electron chi connectivity index (χ4n) is 3.06. The Kier molecular flexibility index (Phi) is 6.72. The normalized spacial score (nSPS) is 10.9. The first-order valence-corrected chi connectivity index (χ1v) is 10.5. The maximum Gasteiger partial charge on any atom is 0.348 e. The molecule has 0 fully saturated rings. The summed E-state index contributed by atoms with van der Waals surface area (Å²) in [5.74, 6) is -0.995. The Balaban J connectivity index is 2.07. The van der Waals surface area contributed by atoms with Gasteiger partial charge in [-0.05, 0) is 35.2 Å². The third-order valence-electron chi connectivity index (χ3n) is 4.37. The average Bonchev–Trinajstić information content (AvgIpc) is 3.11. The highest BCUT2D eigenvalue weighted by Crippen LogP contribution is 2.38. The van der Waals surface area contributed by atoms with Crippen LogP contribution in [0.1, 0.15) is 35.5 Å². The van der Waals surface area contributed by atoms with Crippen molar-refractivity contribution in [3.8, 4) is 10.4 Å². The van der Waals surface area contributed by atoms with Crippen molar-refractivity contribution in [3.63, 3.8) is 0 Å². The van der Waals surface area contributed by atoms with E-state index in [-0.39, 0.29) is 23.2 Å². The predicted octanol–water partition coefficient (Wildman–Crippen LogP) is 6.35. The molecule has 1 aromatic heterocycles. The van der Waals surface area contributed by atoms with Gasteiger partial charge in [-0.15, -0.1) is 11.3 Å². The summed E-state index contributed by atoms with van der Waals surface area (Å²) in [6, 6.07) is 18.6. The molecule has 150 valence electrons. The number of rotatable bonds is 7.